The van der Waals surface area contributed by atoms with Crippen molar-refractivity contribution in [2.24, 2.45) is 0 Å². The van der Waals surface area contributed by atoms with Crippen molar-refractivity contribution in [1.82, 2.24) is 4.90 Å². The molecule has 1 aromatic carbocycles. The van der Waals surface area contributed by atoms with Crippen LogP contribution in [0.3, 0.4) is 0 Å². The summed E-state index contributed by atoms with van der Waals surface area (Å²) in [5, 5.41) is 15.4. The van der Waals surface area contributed by atoms with Crippen LogP contribution in [0.4, 0.5) is 0 Å². The molecule has 0 heterocycles. The van der Waals surface area contributed by atoms with E-state index < -0.39 is 0 Å². The summed E-state index contributed by atoms with van der Waals surface area (Å²) < 4.78 is 5.16. The molecule has 80 valence electrons. The molecular weight excluding hydrogens is 190 g/mol. The molecule has 15 heavy (non-hydrogen) atoms. The zero-order chi connectivity index (χ0) is 11.4. The molecule has 4 nitrogen and oxygen atoms in total. The Morgan fingerprint density at radius 2 is 1.87 bits per heavy atom. The third-order valence-electron chi connectivity index (χ3n) is 2.20. The molecule has 0 spiro atoms. The maximum atomic E-state index is 7.92. The van der Waals surface area contributed by atoms with Crippen molar-refractivity contribution in [1.29, 1.82) is 10.8 Å². The third kappa shape index (κ3) is 2.34. The van der Waals surface area contributed by atoms with Crippen molar-refractivity contribution in [3.05, 3.63) is 29.8 Å². The molecule has 1 aromatic rings. The molecule has 0 aliphatic carbocycles. The van der Waals surface area contributed by atoms with Gasteiger partial charge in [-0.3, -0.25) is 10.8 Å². The molecule has 4 heteroatoms. The molecule has 1 rings (SSSR count). The normalized spacial score (nSPS) is 9.53. The second-order valence-electron chi connectivity index (χ2n) is 3.19. The molecule has 2 N–H and O–H groups in total. The van der Waals surface area contributed by atoms with E-state index in [1.165, 1.54) is 4.90 Å². The first-order valence-electron chi connectivity index (χ1n) is 4.58. The quantitative estimate of drug-likeness (QED) is 0.572. The fourth-order valence-corrected chi connectivity index (χ4v) is 1.19. The summed E-state index contributed by atoms with van der Waals surface area (Å²) in [6.07, 6.45) is 0. The van der Waals surface area contributed by atoms with E-state index in [0.29, 0.717) is 17.1 Å². The van der Waals surface area contributed by atoms with Crippen LogP contribution in [0.2, 0.25) is 0 Å². The highest BCUT2D eigenvalue weighted by atomic mass is 16.5. The Hall–Kier alpha value is -1.84. The number of hydrogen-bond acceptors (Lipinski definition) is 3. The summed E-state index contributed by atoms with van der Waals surface area (Å²) in [6.45, 7) is 1.64. The minimum atomic E-state index is 0.264. The van der Waals surface area contributed by atoms with E-state index in [1.807, 2.05) is 12.1 Å². The lowest BCUT2D eigenvalue weighted by atomic mass is 10.1. The average Bonchev–Trinajstić information content (AvgIpc) is 2.26. The first kappa shape index (κ1) is 11.2. The van der Waals surface area contributed by atoms with E-state index >= 15 is 0 Å². The van der Waals surface area contributed by atoms with Gasteiger partial charge in [0.25, 0.3) is 0 Å². The molecule has 0 saturated heterocycles. The van der Waals surface area contributed by atoms with E-state index in [4.69, 9.17) is 15.6 Å². The van der Waals surface area contributed by atoms with Crippen molar-refractivity contribution < 1.29 is 4.74 Å². The topological polar surface area (TPSA) is 60.2 Å². The van der Waals surface area contributed by atoms with Gasteiger partial charge in [-0.2, -0.15) is 0 Å². The number of rotatable bonds is 2. The van der Waals surface area contributed by atoms with E-state index in [2.05, 4.69) is 0 Å². The van der Waals surface area contributed by atoms with Gasteiger partial charge in [-0.25, -0.2) is 0 Å². The van der Waals surface area contributed by atoms with Crippen LogP contribution < -0.4 is 4.74 Å². The van der Waals surface area contributed by atoms with Crippen LogP contribution in [0.15, 0.2) is 24.3 Å². The van der Waals surface area contributed by atoms with Gasteiger partial charge in [-0.05, 0) is 19.1 Å². The molecule has 0 radical (unpaired) electrons. The Morgan fingerprint density at radius 3 is 2.40 bits per heavy atom. The highest BCUT2D eigenvalue weighted by molar-refractivity contribution is 6.07. The number of nitrogens with zero attached hydrogens (tertiary/aromatic N) is 1. The molecule has 0 aromatic heterocycles. The number of hydrogen-bond donors (Lipinski definition) is 2. The van der Waals surface area contributed by atoms with Crippen molar-refractivity contribution in [3.8, 4) is 5.75 Å². The minimum absolute atomic E-state index is 0.264. The van der Waals surface area contributed by atoms with Crippen LogP contribution in [0, 0.1) is 10.8 Å². The zero-order valence-corrected chi connectivity index (χ0v) is 9.16. The van der Waals surface area contributed by atoms with Gasteiger partial charge in [0.05, 0.1) is 18.5 Å². The summed E-state index contributed by atoms with van der Waals surface area (Å²) in [6, 6.07) is 7.31. The smallest absolute Gasteiger partial charge is 0.136 e. The number of ether oxygens (including phenoxy) is 1. The van der Waals surface area contributed by atoms with Gasteiger partial charge in [-0.15, -0.1) is 0 Å². The number of benzene rings is 1. The minimum Gasteiger partial charge on any atom is -0.496 e. The van der Waals surface area contributed by atoms with Gasteiger partial charge in [0.1, 0.15) is 11.6 Å². The maximum absolute atomic E-state index is 7.92. The number of methoxy groups -OCH3 is 1. The largest absolute Gasteiger partial charge is 0.496 e. The van der Waals surface area contributed by atoms with Gasteiger partial charge < -0.3 is 9.64 Å². The summed E-state index contributed by atoms with van der Waals surface area (Å²) in [5.41, 5.74) is 0.689. The zero-order valence-electron chi connectivity index (χ0n) is 9.16. The lowest BCUT2D eigenvalue weighted by Gasteiger charge is -2.19. The predicted molar refractivity (Wildman–Crippen MR) is 61.0 cm³/mol. The van der Waals surface area contributed by atoms with Gasteiger partial charge in [-0.1, -0.05) is 12.1 Å². The number of nitrogens with one attached hydrogen (secondary N) is 2. The van der Waals surface area contributed by atoms with E-state index in [1.54, 1.807) is 33.2 Å². The molecule has 0 aliphatic rings. The van der Waals surface area contributed by atoms with Crippen LogP contribution in [0.5, 0.6) is 5.75 Å². The molecule has 0 saturated carbocycles. The Kier molecular flexibility index (Phi) is 3.44. The fraction of sp³-hybridized carbons (Fsp3) is 0.273. The van der Waals surface area contributed by atoms with Crippen LogP contribution in [0.25, 0.3) is 0 Å². The standard InChI is InChI=1S/C11H15N3O/c1-8(12)14(2)11(13)9-6-4-5-7-10(9)15-3/h4-7,12-13H,1-3H3. The monoisotopic (exact) mass is 205 g/mol. The van der Waals surface area contributed by atoms with Gasteiger partial charge >= 0.3 is 0 Å². The highest BCUT2D eigenvalue weighted by Crippen LogP contribution is 2.18. The highest BCUT2D eigenvalue weighted by Gasteiger charge is 2.12. The lowest BCUT2D eigenvalue weighted by Crippen LogP contribution is -2.30. The Morgan fingerprint density at radius 1 is 1.27 bits per heavy atom. The predicted octanol–water partition coefficient (Wildman–Crippen LogP) is 1.95. The molecule has 0 amide bonds. The molecule has 0 atom stereocenters. The lowest BCUT2D eigenvalue weighted by molar-refractivity contribution is 0.413. The van der Waals surface area contributed by atoms with Gasteiger partial charge in [0, 0.05) is 7.05 Å². The van der Waals surface area contributed by atoms with Crippen molar-refractivity contribution in [2.75, 3.05) is 14.2 Å². The Bertz CT molecular complexity index is 387. The first-order chi connectivity index (χ1) is 7.07. The SMILES string of the molecule is COc1ccccc1C(=N)N(C)C(C)=N. The fourth-order valence-electron chi connectivity index (χ4n) is 1.19. The molecule has 0 aliphatic heterocycles. The third-order valence-corrected chi connectivity index (χ3v) is 2.20. The van der Waals surface area contributed by atoms with E-state index in [0.717, 1.165) is 0 Å². The van der Waals surface area contributed by atoms with E-state index in [-0.39, 0.29) is 5.84 Å². The van der Waals surface area contributed by atoms with Crippen LogP contribution in [0.1, 0.15) is 12.5 Å². The summed E-state index contributed by atoms with van der Waals surface area (Å²) >= 11 is 0. The van der Waals surface area contributed by atoms with Gasteiger partial charge in [0.2, 0.25) is 0 Å². The van der Waals surface area contributed by atoms with Gasteiger partial charge in [0.15, 0.2) is 0 Å². The van der Waals surface area contributed by atoms with Crippen molar-refractivity contribution in [3.63, 3.8) is 0 Å². The average molecular weight is 205 g/mol. The van der Waals surface area contributed by atoms with E-state index in [9.17, 15) is 0 Å². The van der Waals surface area contributed by atoms with Crippen LogP contribution >= 0.6 is 0 Å². The van der Waals surface area contributed by atoms with Crippen LogP contribution in [-0.2, 0) is 0 Å². The second-order valence-corrected chi connectivity index (χ2v) is 3.19. The number of para-hydroxylation sites is 1. The summed E-state index contributed by atoms with van der Waals surface area (Å²) in [4.78, 5) is 1.50. The first-order valence-corrected chi connectivity index (χ1v) is 4.58. The Balaban J connectivity index is 3.05. The summed E-state index contributed by atoms with van der Waals surface area (Å²) in [7, 11) is 3.26. The van der Waals surface area contributed by atoms with Crippen LogP contribution in [-0.4, -0.2) is 30.7 Å². The second kappa shape index (κ2) is 4.59. The molecular formula is C11H15N3O. The Labute approximate surface area is 89.5 Å². The molecule has 0 fully saturated rings. The van der Waals surface area contributed by atoms with Crippen molar-refractivity contribution in [2.45, 2.75) is 6.92 Å². The maximum Gasteiger partial charge on any atom is 0.136 e. The summed E-state index contributed by atoms with van der Waals surface area (Å²) in [5.74, 6) is 1.24. The molecule has 0 unspecified atom stereocenters. The number of amidine groups is 2. The van der Waals surface area contributed by atoms with Crippen molar-refractivity contribution >= 4 is 11.7 Å². The molecule has 0 bridgehead atoms.